The van der Waals surface area contributed by atoms with E-state index in [1.54, 1.807) is 4.90 Å². The zero-order valence-electron chi connectivity index (χ0n) is 13.5. The minimum atomic E-state index is -0.839. The van der Waals surface area contributed by atoms with Crippen molar-refractivity contribution in [1.29, 1.82) is 0 Å². The van der Waals surface area contributed by atoms with Gasteiger partial charge in [0.25, 0.3) is 0 Å². The highest BCUT2D eigenvalue weighted by Gasteiger charge is 2.42. The molecule has 1 N–H and O–H groups in total. The molecule has 1 saturated carbocycles. The highest BCUT2D eigenvalue weighted by Crippen LogP contribution is 2.40. The molecule has 3 fully saturated rings. The Balaban J connectivity index is 1.48. The average Bonchev–Trinajstić information content (AvgIpc) is 3.33. The molecule has 130 valence electrons. The Morgan fingerprint density at radius 3 is 2.92 bits per heavy atom. The number of hydrogen-bond acceptors (Lipinski definition) is 5. The summed E-state index contributed by atoms with van der Waals surface area (Å²) in [6.45, 7) is 1.44. The summed E-state index contributed by atoms with van der Waals surface area (Å²) < 4.78 is 10.8. The van der Waals surface area contributed by atoms with Crippen molar-refractivity contribution in [3.8, 4) is 0 Å². The van der Waals surface area contributed by atoms with Gasteiger partial charge in [-0.2, -0.15) is 0 Å². The monoisotopic (exact) mass is 334 g/mol. The number of hydrogen-bond donors (Lipinski definition) is 1. The Labute approximate surface area is 139 Å². The Morgan fingerprint density at radius 2 is 2.17 bits per heavy atom. The fraction of sp³-hybridized carbons (Fsp3) is 0.706. The third-order valence-corrected chi connectivity index (χ3v) is 5.40. The van der Waals surface area contributed by atoms with E-state index in [2.05, 4.69) is 5.16 Å². The number of carboxylic acids is 1. The Morgan fingerprint density at radius 1 is 1.33 bits per heavy atom. The molecule has 0 radical (unpaired) electrons. The fourth-order valence-electron chi connectivity index (χ4n) is 3.93. The number of piperidine rings is 1. The number of carbonyl (C=O) groups is 2. The van der Waals surface area contributed by atoms with Crippen LogP contribution in [0.15, 0.2) is 10.6 Å². The van der Waals surface area contributed by atoms with Crippen LogP contribution in [0.5, 0.6) is 0 Å². The first-order valence-corrected chi connectivity index (χ1v) is 8.67. The molecule has 1 aromatic rings. The van der Waals surface area contributed by atoms with Crippen LogP contribution in [0.25, 0.3) is 0 Å². The summed E-state index contributed by atoms with van der Waals surface area (Å²) in [5.74, 6) is 0.0206. The van der Waals surface area contributed by atoms with Crippen molar-refractivity contribution in [3.05, 3.63) is 17.5 Å². The number of aliphatic carboxylic acids is 1. The molecule has 0 spiro atoms. The molecular weight excluding hydrogens is 312 g/mol. The summed E-state index contributed by atoms with van der Waals surface area (Å²) in [6.07, 6.45) is 3.78. The molecule has 3 heterocycles. The number of fused-ring (bicyclic) bond motifs is 1. The van der Waals surface area contributed by atoms with Crippen LogP contribution in [0.1, 0.15) is 43.1 Å². The summed E-state index contributed by atoms with van der Waals surface area (Å²) in [6, 6.07) is 1.95. The van der Waals surface area contributed by atoms with E-state index >= 15 is 0 Å². The van der Waals surface area contributed by atoms with Gasteiger partial charge in [0.15, 0.2) is 0 Å². The van der Waals surface area contributed by atoms with E-state index in [0.717, 1.165) is 25.0 Å². The van der Waals surface area contributed by atoms with Crippen LogP contribution in [0, 0.1) is 11.8 Å². The number of carboxylic acid groups (broad SMARTS) is 1. The van der Waals surface area contributed by atoms with Crippen molar-refractivity contribution >= 4 is 11.9 Å². The molecule has 3 aliphatic rings. The summed E-state index contributed by atoms with van der Waals surface area (Å²) >= 11 is 0. The minimum absolute atomic E-state index is 0.0616. The van der Waals surface area contributed by atoms with E-state index in [0.29, 0.717) is 31.2 Å². The number of aromatic nitrogens is 1. The van der Waals surface area contributed by atoms with Crippen LogP contribution in [-0.4, -0.2) is 52.8 Å². The largest absolute Gasteiger partial charge is 0.481 e. The van der Waals surface area contributed by atoms with Gasteiger partial charge in [0.2, 0.25) is 5.91 Å². The second-order valence-electron chi connectivity index (χ2n) is 7.18. The number of nitrogens with zero attached hydrogens (tertiary/aromatic N) is 2. The van der Waals surface area contributed by atoms with Crippen LogP contribution in [-0.2, 0) is 20.7 Å². The van der Waals surface area contributed by atoms with E-state index in [1.165, 1.54) is 0 Å². The van der Waals surface area contributed by atoms with E-state index in [4.69, 9.17) is 9.26 Å². The molecule has 0 bridgehead atoms. The quantitative estimate of drug-likeness (QED) is 0.895. The molecule has 1 amide bonds. The predicted octanol–water partition coefficient (Wildman–Crippen LogP) is 1.43. The Kier molecular flexibility index (Phi) is 4.04. The van der Waals surface area contributed by atoms with Crippen molar-refractivity contribution in [3.63, 3.8) is 0 Å². The average molecular weight is 334 g/mol. The Hall–Kier alpha value is -1.89. The van der Waals surface area contributed by atoms with Gasteiger partial charge in [0, 0.05) is 37.1 Å². The summed E-state index contributed by atoms with van der Waals surface area (Å²) in [5, 5.41) is 13.4. The standard InChI is InChI=1S/C17H22N2O5/c20-16(7-13-6-15(24-18-13)10-1-2-10)19-8-11(17(21)22)5-12-9-23-4-3-14(12)19/h6,10-12,14H,1-5,7-9H2,(H,21,22)/t11-,12-,14-/m1/s1. The molecule has 7 heteroatoms. The second kappa shape index (κ2) is 6.20. The number of amides is 1. The molecule has 7 nitrogen and oxygen atoms in total. The van der Waals surface area contributed by atoms with Gasteiger partial charge in [0.05, 0.1) is 24.6 Å². The number of carbonyl (C=O) groups excluding carboxylic acids is 1. The Bertz CT molecular complexity index is 639. The third-order valence-electron chi connectivity index (χ3n) is 5.40. The molecule has 1 aliphatic carbocycles. The first kappa shape index (κ1) is 15.6. The molecule has 24 heavy (non-hydrogen) atoms. The van der Waals surface area contributed by atoms with E-state index in [-0.39, 0.29) is 30.8 Å². The maximum Gasteiger partial charge on any atom is 0.308 e. The van der Waals surface area contributed by atoms with Crippen molar-refractivity contribution in [1.82, 2.24) is 10.1 Å². The van der Waals surface area contributed by atoms with Crippen molar-refractivity contribution in [2.75, 3.05) is 19.8 Å². The summed E-state index contributed by atoms with van der Waals surface area (Å²) in [7, 11) is 0. The van der Waals surface area contributed by atoms with Crippen LogP contribution in [0.3, 0.4) is 0 Å². The van der Waals surface area contributed by atoms with Gasteiger partial charge in [-0.15, -0.1) is 0 Å². The first-order chi connectivity index (χ1) is 11.6. The lowest BCUT2D eigenvalue weighted by Gasteiger charge is -2.45. The molecule has 0 aromatic carbocycles. The zero-order valence-corrected chi connectivity index (χ0v) is 13.5. The molecule has 3 atom stereocenters. The topological polar surface area (TPSA) is 92.9 Å². The normalized spacial score (nSPS) is 30.0. The van der Waals surface area contributed by atoms with E-state index in [1.807, 2.05) is 6.07 Å². The number of rotatable bonds is 4. The predicted molar refractivity (Wildman–Crippen MR) is 82.4 cm³/mol. The van der Waals surface area contributed by atoms with Gasteiger partial charge in [-0.1, -0.05) is 5.16 Å². The summed E-state index contributed by atoms with van der Waals surface area (Å²) in [4.78, 5) is 26.0. The van der Waals surface area contributed by atoms with Gasteiger partial charge < -0.3 is 19.3 Å². The minimum Gasteiger partial charge on any atom is -0.481 e. The molecule has 1 aromatic heterocycles. The van der Waals surface area contributed by atoms with Crippen LogP contribution >= 0.6 is 0 Å². The fourth-order valence-corrected chi connectivity index (χ4v) is 3.93. The van der Waals surface area contributed by atoms with Crippen molar-refractivity contribution in [2.24, 2.45) is 11.8 Å². The highest BCUT2D eigenvalue weighted by molar-refractivity contribution is 5.80. The van der Waals surface area contributed by atoms with Gasteiger partial charge in [-0.05, 0) is 25.7 Å². The van der Waals surface area contributed by atoms with Crippen LogP contribution in [0.4, 0.5) is 0 Å². The van der Waals surface area contributed by atoms with Crippen LogP contribution in [0.2, 0.25) is 0 Å². The zero-order chi connectivity index (χ0) is 16.7. The highest BCUT2D eigenvalue weighted by atomic mass is 16.5. The smallest absolute Gasteiger partial charge is 0.308 e. The van der Waals surface area contributed by atoms with E-state index in [9.17, 15) is 14.7 Å². The SMILES string of the molecule is O=C(O)[C@@H]1C[C@@H]2COCC[C@H]2N(C(=O)Cc2cc(C3CC3)on2)C1. The van der Waals surface area contributed by atoms with Gasteiger partial charge in [-0.25, -0.2) is 0 Å². The third kappa shape index (κ3) is 3.05. The lowest BCUT2D eigenvalue weighted by atomic mass is 9.81. The molecule has 0 unspecified atom stereocenters. The number of ether oxygens (including phenoxy) is 1. The lowest BCUT2D eigenvalue weighted by Crippen LogP contribution is -2.56. The van der Waals surface area contributed by atoms with Crippen molar-refractivity contribution in [2.45, 2.75) is 44.1 Å². The lowest BCUT2D eigenvalue weighted by molar-refractivity contribution is -0.153. The second-order valence-corrected chi connectivity index (χ2v) is 7.18. The van der Waals surface area contributed by atoms with Crippen molar-refractivity contribution < 1.29 is 24.0 Å². The molecule has 2 aliphatic heterocycles. The number of likely N-dealkylation sites (tertiary alicyclic amines) is 1. The maximum absolute atomic E-state index is 12.8. The van der Waals surface area contributed by atoms with Crippen LogP contribution < -0.4 is 0 Å². The molecule has 2 saturated heterocycles. The van der Waals surface area contributed by atoms with Gasteiger partial charge in [0.1, 0.15) is 5.76 Å². The van der Waals surface area contributed by atoms with Gasteiger partial charge in [-0.3, -0.25) is 9.59 Å². The molecular formula is C17H22N2O5. The molecule has 4 rings (SSSR count). The maximum atomic E-state index is 12.8. The van der Waals surface area contributed by atoms with Gasteiger partial charge >= 0.3 is 5.97 Å². The summed E-state index contributed by atoms with van der Waals surface area (Å²) in [5.41, 5.74) is 0.642. The van der Waals surface area contributed by atoms with E-state index < -0.39 is 11.9 Å². The first-order valence-electron chi connectivity index (χ1n) is 8.67.